The highest BCUT2D eigenvalue weighted by molar-refractivity contribution is 5.80. The molecule has 2 fully saturated rings. The van der Waals surface area contributed by atoms with Gasteiger partial charge in [0.1, 0.15) is 0 Å². The lowest BCUT2D eigenvalue weighted by molar-refractivity contribution is -0.107. The second kappa shape index (κ2) is 7.22. The van der Waals surface area contributed by atoms with Crippen LogP contribution in [-0.4, -0.2) is 53.0 Å². The molecule has 3 unspecified atom stereocenters. The van der Waals surface area contributed by atoms with Crippen LogP contribution in [-0.2, 0) is 18.3 Å². The van der Waals surface area contributed by atoms with Crippen LogP contribution in [0.1, 0.15) is 58.2 Å². The topological polar surface area (TPSA) is 54.7 Å². The van der Waals surface area contributed by atoms with Crippen LogP contribution in [0, 0.1) is 11.3 Å². The average molecular weight is 362 g/mol. The Labute approximate surface area is 158 Å². The minimum absolute atomic E-state index is 0.147. The van der Waals surface area contributed by atoms with E-state index in [9.17, 15) is 0 Å². The van der Waals surface area contributed by atoms with Crippen molar-refractivity contribution in [2.75, 3.05) is 20.2 Å². The van der Waals surface area contributed by atoms with Crippen LogP contribution in [0.25, 0.3) is 0 Å². The van der Waals surface area contributed by atoms with Crippen molar-refractivity contribution in [1.29, 1.82) is 0 Å². The van der Waals surface area contributed by atoms with E-state index in [0.717, 1.165) is 32.1 Å². The van der Waals surface area contributed by atoms with Crippen molar-refractivity contribution in [3.63, 3.8) is 0 Å². The number of guanidine groups is 1. The SMILES string of the molecule is CCN=C(NC1C2CCOC2C1(C)C)N(C)Cc1cn(C)nc1C(C)C. The molecule has 0 aromatic carbocycles. The molecule has 0 amide bonds. The van der Waals surface area contributed by atoms with Crippen molar-refractivity contribution in [3.05, 3.63) is 17.5 Å². The predicted octanol–water partition coefficient (Wildman–Crippen LogP) is 2.75. The number of ether oxygens (including phenoxy) is 1. The van der Waals surface area contributed by atoms with Gasteiger partial charge in [-0.1, -0.05) is 27.7 Å². The van der Waals surface area contributed by atoms with E-state index in [0.29, 0.717) is 24.0 Å². The Morgan fingerprint density at radius 2 is 2.23 bits per heavy atom. The van der Waals surface area contributed by atoms with Crippen LogP contribution in [0.3, 0.4) is 0 Å². The summed E-state index contributed by atoms with van der Waals surface area (Å²) >= 11 is 0. The Morgan fingerprint density at radius 3 is 2.88 bits per heavy atom. The second-order valence-corrected chi connectivity index (χ2v) is 8.71. The van der Waals surface area contributed by atoms with Gasteiger partial charge in [0.25, 0.3) is 0 Å². The Kier molecular flexibility index (Phi) is 5.33. The molecule has 2 aliphatic rings. The van der Waals surface area contributed by atoms with Gasteiger partial charge in [0.05, 0.1) is 11.8 Å². The van der Waals surface area contributed by atoms with Gasteiger partial charge in [-0.25, -0.2) is 0 Å². The maximum absolute atomic E-state index is 5.94. The zero-order chi connectivity index (χ0) is 19.1. The van der Waals surface area contributed by atoms with Crippen LogP contribution >= 0.6 is 0 Å². The molecule has 3 atom stereocenters. The summed E-state index contributed by atoms with van der Waals surface area (Å²) in [5.41, 5.74) is 2.59. The predicted molar refractivity (Wildman–Crippen MR) is 105 cm³/mol. The molecule has 1 aliphatic heterocycles. The van der Waals surface area contributed by atoms with Gasteiger partial charge in [-0.3, -0.25) is 9.67 Å². The minimum atomic E-state index is 0.147. The number of hydrogen-bond acceptors (Lipinski definition) is 3. The van der Waals surface area contributed by atoms with Gasteiger partial charge >= 0.3 is 0 Å². The molecule has 2 heterocycles. The van der Waals surface area contributed by atoms with Gasteiger partial charge in [0.2, 0.25) is 0 Å². The normalized spacial score (nSPS) is 27.4. The molecule has 1 aromatic heterocycles. The molecule has 1 aliphatic carbocycles. The molecular weight excluding hydrogens is 326 g/mol. The van der Waals surface area contributed by atoms with E-state index < -0.39 is 0 Å². The maximum Gasteiger partial charge on any atom is 0.194 e. The molecule has 146 valence electrons. The van der Waals surface area contributed by atoms with Gasteiger partial charge in [0.15, 0.2) is 5.96 Å². The largest absolute Gasteiger partial charge is 0.377 e. The fourth-order valence-corrected chi connectivity index (χ4v) is 4.68. The van der Waals surface area contributed by atoms with Crippen LogP contribution in [0.2, 0.25) is 0 Å². The van der Waals surface area contributed by atoms with Crippen molar-refractivity contribution in [2.45, 2.75) is 65.6 Å². The summed E-state index contributed by atoms with van der Waals surface area (Å²) in [5, 5.41) is 8.40. The number of aliphatic imine (C=N–C) groups is 1. The zero-order valence-electron chi connectivity index (χ0n) is 17.4. The Bertz CT molecular complexity index is 663. The first-order valence-electron chi connectivity index (χ1n) is 9.91. The quantitative estimate of drug-likeness (QED) is 0.647. The number of rotatable bonds is 5. The summed E-state index contributed by atoms with van der Waals surface area (Å²) in [6.07, 6.45) is 3.66. The van der Waals surface area contributed by atoms with Gasteiger partial charge in [-0.15, -0.1) is 0 Å². The number of aromatic nitrogens is 2. The van der Waals surface area contributed by atoms with Gasteiger partial charge in [0, 0.05) is 62.9 Å². The van der Waals surface area contributed by atoms with E-state index in [1.807, 2.05) is 11.7 Å². The molecule has 6 nitrogen and oxygen atoms in total. The average Bonchev–Trinajstić information content (AvgIpc) is 3.16. The molecule has 6 heteroatoms. The smallest absolute Gasteiger partial charge is 0.194 e. The Morgan fingerprint density at radius 1 is 1.50 bits per heavy atom. The minimum Gasteiger partial charge on any atom is -0.377 e. The summed E-state index contributed by atoms with van der Waals surface area (Å²) in [6.45, 7) is 13.6. The van der Waals surface area contributed by atoms with E-state index in [1.54, 1.807) is 0 Å². The van der Waals surface area contributed by atoms with Crippen molar-refractivity contribution in [3.8, 4) is 0 Å². The fraction of sp³-hybridized carbons (Fsp3) is 0.800. The van der Waals surface area contributed by atoms with Crippen LogP contribution in [0.5, 0.6) is 0 Å². The lowest BCUT2D eigenvalue weighted by Crippen LogP contribution is -2.67. The van der Waals surface area contributed by atoms with Gasteiger partial charge in [-0.2, -0.15) is 5.10 Å². The van der Waals surface area contributed by atoms with E-state index in [2.05, 4.69) is 63.2 Å². The van der Waals surface area contributed by atoms with E-state index in [1.165, 1.54) is 11.3 Å². The zero-order valence-corrected chi connectivity index (χ0v) is 17.4. The monoisotopic (exact) mass is 361 g/mol. The standard InChI is InChI=1S/C20H35N5O/c1-8-21-19(22-17-15-9-10-26-18(15)20(17,4)5)24(6)11-14-12-25(7)23-16(14)13(2)3/h12-13,15,17-18H,8-11H2,1-7H3,(H,21,22). The highest BCUT2D eigenvalue weighted by Gasteiger charge is 2.59. The molecule has 0 spiro atoms. The van der Waals surface area contributed by atoms with Crippen LogP contribution < -0.4 is 5.32 Å². The van der Waals surface area contributed by atoms with Crippen LogP contribution in [0.4, 0.5) is 0 Å². The molecule has 1 saturated heterocycles. The van der Waals surface area contributed by atoms with Gasteiger partial charge in [-0.05, 0) is 19.3 Å². The first-order valence-corrected chi connectivity index (χ1v) is 9.91. The molecular formula is C20H35N5O. The summed E-state index contributed by atoms with van der Waals surface area (Å²) in [6, 6.07) is 0.418. The third-order valence-electron chi connectivity index (χ3n) is 5.95. The number of hydrogen-bond donors (Lipinski definition) is 1. The highest BCUT2D eigenvalue weighted by atomic mass is 16.5. The number of nitrogens with zero attached hydrogens (tertiary/aromatic N) is 4. The maximum atomic E-state index is 5.94. The molecule has 3 rings (SSSR count). The van der Waals surface area contributed by atoms with E-state index in [4.69, 9.17) is 9.73 Å². The van der Waals surface area contributed by atoms with Crippen molar-refractivity contribution in [2.24, 2.45) is 23.4 Å². The number of fused-ring (bicyclic) bond motifs is 1. The van der Waals surface area contributed by atoms with E-state index >= 15 is 0 Å². The Balaban J connectivity index is 1.73. The lowest BCUT2D eigenvalue weighted by Gasteiger charge is -2.55. The van der Waals surface area contributed by atoms with Crippen molar-refractivity contribution >= 4 is 5.96 Å². The molecule has 1 N–H and O–H groups in total. The molecule has 0 bridgehead atoms. The van der Waals surface area contributed by atoms with Crippen LogP contribution in [0.15, 0.2) is 11.2 Å². The molecule has 1 aromatic rings. The summed E-state index contributed by atoms with van der Waals surface area (Å²) in [5.74, 6) is 2.00. The van der Waals surface area contributed by atoms with Crippen molar-refractivity contribution in [1.82, 2.24) is 20.0 Å². The fourth-order valence-electron chi connectivity index (χ4n) is 4.68. The Hall–Kier alpha value is -1.56. The highest BCUT2D eigenvalue weighted by Crippen LogP contribution is 2.52. The van der Waals surface area contributed by atoms with Gasteiger partial charge < -0.3 is 15.0 Å². The number of aryl methyl sites for hydroxylation is 1. The van der Waals surface area contributed by atoms with Crippen molar-refractivity contribution < 1.29 is 4.74 Å². The summed E-state index contributed by atoms with van der Waals surface area (Å²) < 4.78 is 7.85. The third-order valence-corrected chi connectivity index (χ3v) is 5.95. The first-order chi connectivity index (χ1) is 12.3. The molecule has 0 radical (unpaired) electrons. The van der Waals surface area contributed by atoms with E-state index in [-0.39, 0.29) is 5.41 Å². The number of nitrogens with one attached hydrogen (secondary N) is 1. The second-order valence-electron chi connectivity index (χ2n) is 8.71. The summed E-state index contributed by atoms with van der Waals surface area (Å²) in [7, 11) is 4.11. The lowest BCUT2D eigenvalue weighted by atomic mass is 9.57. The molecule has 26 heavy (non-hydrogen) atoms. The third kappa shape index (κ3) is 3.36. The first kappa shape index (κ1) is 19.2. The molecule has 1 saturated carbocycles. The summed E-state index contributed by atoms with van der Waals surface area (Å²) in [4.78, 5) is 6.99.